The smallest absolute Gasteiger partial charge is 0.254 e. The highest BCUT2D eigenvalue weighted by atomic mass is 127. The Kier molecular flexibility index (Phi) is 4.11. The third-order valence-corrected chi connectivity index (χ3v) is 4.48. The van der Waals surface area contributed by atoms with Crippen LogP contribution in [0.2, 0.25) is 5.02 Å². The van der Waals surface area contributed by atoms with Gasteiger partial charge in [-0.05, 0) is 40.8 Å². The molecule has 0 aromatic heterocycles. The van der Waals surface area contributed by atoms with Crippen LogP contribution in [-0.2, 0) is 4.79 Å². The lowest BCUT2D eigenvalue weighted by molar-refractivity contribution is -0.133. The second-order valence-corrected chi connectivity index (χ2v) is 5.74. The fourth-order valence-electron chi connectivity index (χ4n) is 1.74. The fraction of sp³-hybridized carbons (Fsp3) is 0.333. The molecule has 1 aromatic carbocycles. The van der Waals surface area contributed by atoms with E-state index < -0.39 is 0 Å². The lowest BCUT2D eigenvalue weighted by atomic mass is 10.2. The number of likely N-dealkylation sites (N-methyl/N-ethyl adjacent to an activating group) is 1. The van der Waals surface area contributed by atoms with Crippen molar-refractivity contribution < 1.29 is 9.59 Å². The Morgan fingerprint density at radius 1 is 1.39 bits per heavy atom. The number of carbonyl (C=O) groups is 2. The summed E-state index contributed by atoms with van der Waals surface area (Å²) < 4.78 is 0.903. The zero-order valence-electron chi connectivity index (χ0n) is 9.82. The molecule has 0 bridgehead atoms. The predicted octanol–water partition coefficient (Wildman–Crippen LogP) is 1.86. The largest absolute Gasteiger partial charge is 0.342 e. The van der Waals surface area contributed by atoms with Crippen molar-refractivity contribution in [2.45, 2.75) is 0 Å². The summed E-state index contributed by atoms with van der Waals surface area (Å²) in [5.41, 5.74) is 0.526. The van der Waals surface area contributed by atoms with Crippen LogP contribution in [0.1, 0.15) is 10.4 Å². The summed E-state index contributed by atoms with van der Waals surface area (Å²) >= 11 is 8.10. The van der Waals surface area contributed by atoms with Crippen molar-refractivity contribution in [3.63, 3.8) is 0 Å². The highest BCUT2D eigenvalue weighted by molar-refractivity contribution is 14.1. The summed E-state index contributed by atoms with van der Waals surface area (Å²) in [5.74, 6) is -0.180. The number of piperazine rings is 1. The van der Waals surface area contributed by atoms with Gasteiger partial charge in [-0.15, -0.1) is 0 Å². The normalized spacial score (nSPS) is 16.1. The lowest BCUT2D eigenvalue weighted by Gasteiger charge is -2.32. The molecule has 1 saturated heterocycles. The van der Waals surface area contributed by atoms with Gasteiger partial charge in [0.25, 0.3) is 5.91 Å². The zero-order chi connectivity index (χ0) is 13.3. The Morgan fingerprint density at radius 2 is 2.11 bits per heavy atom. The summed E-state index contributed by atoms with van der Waals surface area (Å²) in [6.07, 6.45) is 0. The number of amides is 2. The van der Waals surface area contributed by atoms with Crippen molar-refractivity contribution in [1.82, 2.24) is 9.80 Å². The number of halogens is 2. The number of rotatable bonds is 1. The van der Waals surface area contributed by atoms with Gasteiger partial charge in [0.15, 0.2) is 0 Å². The van der Waals surface area contributed by atoms with Crippen LogP contribution in [0.3, 0.4) is 0 Å². The molecule has 0 saturated carbocycles. The molecule has 1 aliphatic heterocycles. The maximum Gasteiger partial charge on any atom is 0.254 e. The molecule has 0 N–H and O–H groups in total. The second kappa shape index (κ2) is 5.44. The molecule has 0 atom stereocenters. The number of benzene rings is 1. The number of hydrogen-bond donors (Lipinski definition) is 0. The molecular weight excluding hydrogens is 367 g/mol. The standard InChI is InChI=1S/C12H12ClIN2O2/c1-15-4-5-16(7-11(15)17)12(18)8-2-3-10(14)9(13)6-8/h2-3,6H,4-5,7H2,1H3. The molecule has 0 radical (unpaired) electrons. The number of nitrogens with zero attached hydrogens (tertiary/aromatic N) is 2. The first-order valence-corrected chi connectivity index (χ1v) is 6.93. The van der Waals surface area contributed by atoms with E-state index in [0.29, 0.717) is 23.7 Å². The van der Waals surface area contributed by atoms with Crippen LogP contribution in [0, 0.1) is 3.57 Å². The molecule has 18 heavy (non-hydrogen) atoms. The number of carbonyl (C=O) groups excluding carboxylic acids is 2. The van der Waals surface area contributed by atoms with Gasteiger partial charge in [-0.2, -0.15) is 0 Å². The zero-order valence-corrected chi connectivity index (χ0v) is 12.7. The average molecular weight is 379 g/mol. The van der Waals surface area contributed by atoms with E-state index >= 15 is 0 Å². The van der Waals surface area contributed by atoms with E-state index in [1.54, 1.807) is 35.0 Å². The van der Waals surface area contributed by atoms with Crippen molar-refractivity contribution in [1.29, 1.82) is 0 Å². The summed E-state index contributed by atoms with van der Waals surface area (Å²) in [4.78, 5) is 27.0. The Hall–Kier alpha value is -0.820. The quantitative estimate of drug-likeness (QED) is 0.700. The average Bonchev–Trinajstić information content (AvgIpc) is 2.35. The third kappa shape index (κ3) is 2.77. The molecule has 2 amide bonds. The van der Waals surface area contributed by atoms with Crippen molar-refractivity contribution in [3.05, 3.63) is 32.4 Å². The SMILES string of the molecule is CN1CCN(C(=O)c2ccc(I)c(Cl)c2)CC1=O. The highest BCUT2D eigenvalue weighted by Crippen LogP contribution is 2.20. The molecule has 0 spiro atoms. The number of hydrogen-bond acceptors (Lipinski definition) is 2. The van der Waals surface area contributed by atoms with E-state index in [-0.39, 0.29) is 18.4 Å². The second-order valence-electron chi connectivity index (χ2n) is 4.17. The van der Waals surface area contributed by atoms with Gasteiger partial charge < -0.3 is 9.80 Å². The minimum atomic E-state index is -0.144. The van der Waals surface area contributed by atoms with Gasteiger partial charge in [0.1, 0.15) is 6.54 Å². The first-order valence-electron chi connectivity index (χ1n) is 5.47. The van der Waals surface area contributed by atoms with E-state index in [9.17, 15) is 9.59 Å². The van der Waals surface area contributed by atoms with Gasteiger partial charge in [-0.1, -0.05) is 11.6 Å². The Bertz CT molecular complexity index is 507. The van der Waals surface area contributed by atoms with E-state index in [1.807, 2.05) is 0 Å². The Balaban J connectivity index is 2.16. The molecule has 1 heterocycles. The van der Waals surface area contributed by atoms with Crippen molar-refractivity contribution in [2.24, 2.45) is 0 Å². The molecule has 0 unspecified atom stereocenters. The maximum absolute atomic E-state index is 12.2. The molecular formula is C12H12ClIN2O2. The Labute approximate surface area is 124 Å². The summed E-state index contributed by atoms with van der Waals surface area (Å²) in [5, 5.41) is 0.557. The van der Waals surface area contributed by atoms with E-state index in [1.165, 1.54) is 0 Å². The molecule has 2 rings (SSSR count). The van der Waals surface area contributed by atoms with E-state index in [0.717, 1.165) is 3.57 Å². The molecule has 96 valence electrons. The topological polar surface area (TPSA) is 40.6 Å². The van der Waals surface area contributed by atoms with Crippen molar-refractivity contribution in [2.75, 3.05) is 26.7 Å². The van der Waals surface area contributed by atoms with Crippen LogP contribution in [-0.4, -0.2) is 48.3 Å². The van der Waals surface area contributed by atoms with Gasteiger partial charge in [0, 0.05) is 29.3 Å². The van der Waals surface area contributed by atoms with E-state index in [2.05, 4.69) is 22.6 Å². The molecule has 0 aliphatic carbocycles. The van der Waals surface area contributed by atoms with Crippen LogP contribution in [0.15, 0.2) is 18.2 Å². The van der Waals surface area contributed by atoms with Gasteiger partial charge in [-0.25, -0.2) is 0 Å². The van der Waals surface area contributed by atoms with Crippen molar-refractivity contribution >= 4 is 46.0 Å². The lowest BCUT2D eigenvalue weighted by Crippen LogP contribution is -2.50. The van der Waals surface area contributed by atoms with Gasteiger partial charge in [0.2, 0.25) is 5.91 Å². The Morgan fingerprint density at radius 3 is 2.72 bits per heavy atom. The van der Waals surface area contributed by atoms with Gasteiger partial charge >= 0.3 is 0 Å². The predicted molar refractivity (Wildman–Crippen MR) is 77.7 cm³/mol. The molecule has 1 aromatic rings. The van der Waals surface area contributed by atoms with Crippen molar-refractivity contribution in [3.8, 4) is 0 Å². The van der Waals surface area contributed by atoms with Crippen LogP contribution in [0.25, 0.3) is 0 Å². The van der Waals surface area contributed by atoms with E-state index in [4.69, 9.17) is 11.6 Å². The van der Waals surface area contributed by atoms with Gasteiger partial charge in [0.05, 0.1) is 5.02 Å². The first-order chi connectivity index (χ1) is 8.49. The third-order valence-electron chi connectivity index (χ3n) is 2.91. The molecule has 1 aliphatic rings. The van der Waals surface area contributed by atoms with Crippen LogP contribution < -0.4 is 0 Å². The van der Waals surface area contributed by atoms with Crippen LogP contribution in [0.5, 0.6) is 0 Å². The summed E-state index contributed by atoms with van der Waals surface area (Å²) in [6.45, 7) is 1.27. The summed E-state index contributed by atoms with van der Waals surface area (Å²) in [7, 11) is 1.74. The first kappa shape index (κ1) is 13.6. The summed E-state index contributed by atoms with van der Waals surface area (Å²) in [6, 6.07) is 5.18. The monoisotopic (exact) mass is 378 g/mol. The molecule has 1 fully saturated rings. The van der Waals surface area contributed by atoms with Crippen LogP contribution in [0.4, 0.5) is 0 Å². The van der Waals surface area contributed by atoms with Crippen LogP contribution >= 0.6 is 34.2 Å². The molecule has 6 heteroatoms. The fourth-order valence-corrected chi connectivity index (χ4v) is 2.26. The minimum absolute atomic E-state index is 0.0359. The highest BCUT2D eigenvalue weighted by Gasteiger charge is 2.25. The minimum Gasteiger partial charge on any atom is -0.342 e. The maximum atomic E-state index is 12.2. The van der Waals surface area contributed by atoms with Gasteiger partial charge in [-0.3, -0.25) is 9.59 Å². The molecule has 4 nitrogen and oxygen atoms in total.